The Bertz CT molecular complexity index is 684. The predicted octanol–water partition coefficient (Wildman–Crippen LogP) is 4.24. The van der Waals surface area contributed by atoms with Gasteiger partial charge in [-0.25, -0.2) is 0 Å². The Morgan fingerprint density at radius 3 is 2.52 bits per heavy atom. The second-order valence-electron chi connectivity index (χ2n) is 6.38. The molecule has 4 nitrogen and oxygen atoms in total. The van der Waals surface area contributed by atoms with E-state index in [0.29, 0.717) is 35.0 Å². The van der Waals surface area contributed by atoms with Crippen molar-refractivity contribution in [2.45, 2.75) is 46.7 Å². The molecular weight excluding hydrogens is 312 g/mol. The van der Waals surface area contributed by atoms with Gasteiger partial charge < -0.3 is 9.73 Å². The van der Waals surface area contributed by atoms with E-state index >= 15 is 0 Å². The lowest BCUT2D eigenvalue weighted by Crippen LogP contribution is -2.42. The van der Waals surface area contributed by atoms with Crippen molar-refractivity contribution in [1.82, 2.24) is 10.2 Å². The zero-order valence-electron chi connectivity index (χ0n) is 14.4. The van der Waals surface area contributed by atoms with Crippen molar-refractivity contribution in [2.75, 3.05) is 13.1 Å². The molecule has 1 amide bonds. The first-order valence-corrected chi connectivity index (χ1v) is 8.41. The molecular formula is C18H25ClN2O2. The van der Waals surface area contributed by atoms with Crippen LogP contribution in [0.2, 0.25) is 5.02 Å². The van der Waals surface area contributed by atoms with Crippen molar-refractivity contribution >= 4 is 28.5 Å². The summed E-state index contributed by atoms with van der Waals surface area (Å²) < 4.78 is 5.68. The lowest BCUT2D eigenvalue weighted by molar-refractivity contribution is 0.0913. The molecule has 0 bridgehead atoms. The van der Waals surface area contributed by atoms with Crippen LogP contribution in [0.15, 0.2) is 22.6 Å². The first-order valence-electron chi connectivity index (χ1n) is 8.03. The van der Waals surface area contributed by atoms with Gasteiger partial charge in [0.1, 0.15) is 5.58 Å². The van der Waals surface area contributed by atoms with Crippen LogP contribution in [0.25, 0.3) is 11.0 Å². The molecule has 0 unspecified atom stereocenters. The molecule has 2 aromatic rings. The van der Waals surface area contributed by atoms with Crippen LogP contribution in [0.4, 0.5) is 0 Å². The minimum atomic E-state index is -0.178. The van der Waals surface area contributed by atoms with Gasteiger partial charge in [-0.05, 0) is 52.8 Å². The van der Waals surface area contributed by atoms with E-state index in [1.807, 2.05) is 13.0 Å². The monoisotopic (exact) mass is 336 g/mol. The molecule has 126 valence electrons. The van der Waals surface area contributed by atoms with E-state index in [9.17, 15) is 4.79 Å². The highest BCUT2D eigenvalue weighted by Crippen LogP contribution is 2.27. The van der Waals surface area contributed by atoms with Gasteiger partial charge in [0.25, 0.3) is 5.91 Å². The Morgan fingerprint density at radius 1 is 1.26 bits per heavy atom. The molecule has 0 saturated carbocycles. The fourth-order valence-corrected chi connectivity index (χ4v) is 3.07. The molecule has 1 aromatic heterocycles. The third-order valence-electron chi connectivity index (χ3n) is 4.09. The SMILES string of the molecule is Cc1c(C(=O)NCCN(C(C)C)C(C)C)oc2ccc(Cl)cc12. The van der Waals surface area contributed by atoms with E-state index in [0.717, 1.165) is 17.5 Å². The molecule has 0 aliphatic heterocycles. The normalized spacial score (nSPS) is 11.9. The van der Waals surface area contributed by atoms with Gasteiger partial charge in [-0.3, -0.25) is 9.69 Å². The van der Waals surface area contributed by atoms with Gasteiger partial charge in [-0.2, -0.15) is 0 Å². The number of benzene rings is 1. The number of halogens is 1. The molecule has 0 saturated heterocycles. The molecule has 0 fully saturated rings. The van der Waals surface area contributed by atoms with Crippen LogP contribution >= 0.6 is 11.6 Å². The minimum absolute atomic E-state index is 0.178. The summed E-state index contributed by atoms with van der Waals surface area (Å²) in [5.74, 6) is 0.185. The van der Waals surface area contributed by atoms with Crippen LogP contribution in [0.5, 0.6) is 0 Å². The number of amides is 1. The number of rotatable bonds is 6. The topological polar surface area (TPSA) is 45.5 Å². The average Bonchev–Trinajstić information content (AvgIpc) is 2.79. The van der Waals surface area contributed by atoms with Crippen LogP contribution < -0.4 is 5.32 Å². The van der Waals surface area contributed by atoms with E-state index in [2.05, 4.69) is 37.9 Å². The Balaban J connectivity index is 2.05. The quantitative estimate of drug-likeness (QED) is 0.858. The first kappa shape index (κ1) is 17.8. The summed E-state index contributed by atoms with van der Waals surface area (Å²) in [5.41, 5.74) is 1.51. The summed E-state index contributed by atoms with van der Waals surface area (Å²) in [5, 5.41) is 4.47. The van der Waals surface area contributed by atoms with Crippen molar-refractivity contribution in [3.05, 3.63) is 34.5 Å². The second-order valence-corrected chi connectivity index (χ2v) is 6.81. The van der Waals surface area contributed by atoms with E-state index in [4.69, 9.17) is 16.0 Å². The Kier molecular flexibility index (Phi) is 5.71. The van der Waals surface area contributed by atoms with Gasteiger partial charge >= 0.3 is 0 Å². The number of nitrogens with one attached hydrogen (secondary N) is 1. The van der Waals surface area contributed by atoms with Gasteiger partial charge in [-0.15, -0.1) is 0 Å². The zero-order valence-corrected chi connectivity index (χ0v) is 15.2. The Labute approximate surface area is 142 Å². The largest absolute Gasteiger partial charge is 0.451 e. The number of hydrogen-bond acceptors (Lipinski definition) is 3. The molecule has 1 N–H and O–H groups in total. The lowest BCUT2D eigenvalue weighted by Gasteiger charge is -2.30. The molecule has 0 spiro atoms. The van der Waals surface area contributed by atoms with E-state index < -0.39 is 0 Å². The molecule has 23 heavy (non-hydrogen) atoms. The summed E-state index contributed by atoms with van der Waals surface area (Å²) in [6.07, 6.45) is 0. The van der Waals surface area contributed by atoms with Gasteiger partial charge in [0.05, 0.1) is 0 Å². The van der Waals surface area contributed by atoms with Gasteiger partial charge in [0.15, 0.2) is 5.76 Å². The third-order valence-corrected chi connectivity index (χ3v) is 4.32. The smallest absolute Gasteiger partial charge is 0.287 e. The average molecular weight is 337 g/mol. The number of carbonyl (C=O) groups is 1. The van der Waals surface area contributed by atoms with Crippen molar-refractivity contribution < 1.29 is 9.21 Å². The molecule has 1 heterocycles. The van der Waals surface area contributed by atoms with Crippen molar-refractivity contribution in [2.24, 2.45) is 0 Å². The summed E-state index contributed by atoms with van der Waals surface area (Å²) in [7, 11) is 0. The van der Waals surface area contributed by atoms with E-state index in [1.165, 1.54) is 0 Å². The van der Waals surface area contributed by atoms with Crippen molar-refractivity contribution in [1.29, 1.82) is 0 Å². The Hall–Kier alpha value is -1.52. The van der Waals surface area contributed by atoms with Crippen LogP contribution in [-0.2, 0) is 0 Å². The second kappa shape index (κ2) is 7.37. The number of fused-ring (bicyclic) bond motifs is 1. The predicted molar refractivity (Wildman–Crippen MR) is 95.3 cm³/mol. The molecule has 0 aliphatic carbocycles. The highest BCUT2D eigenvalue weighted by atomic mass is 35.5. The van der Waals surface area contributed by atoms with Crippen molar-refractivity contribution in [3.63, 3.8) is 0 Å². The van der Waals surface area contributed by atoms with Crippen LogP contribution in [0, 0.1) is 6.92 Å². The first-order chi connectivity index (χ1) is 10.8. The number of furan rings is 1. The van der Waals surface area contributed by atoms with Crippen molar-refractivity contribution in [3.8, 4) is 0 Å². The number of aryl methyl sites for hydroxylation is 1. The summed E-state index contributed by atoms with van der Waals surface area (Å²) in [4.78, 5) is 14.7. The maximum absolute atomic E-state index is 12.4. The highest BCUT2D eigenvalue weighted by Gasteiger charge is 2.18. The fraction of sp³-hybridized carbons (Fsp3) is 0.500. The van der Waals surface area contributed by atoms with Gasteiger partial charge in [0, 0.05) is 41.1 Å². The lowest BCUT2D eigenvalue weighted by atomic mass is 10.1. The molecule has 0 radical (unpaired) electrons. The number of hydrogen-bond donors (Lipinski definition) is 1. The maximum atomic E-state index is 12.4. The number of carbonyl (C=O) groups excluding carboxylic acids is 1. The fourth-order valence-electron chi connectivity index (χ4n) is 2.90. The van der Waals surface area contributed by atoms with E-state index in [-0.39, 0.29) is 5.91 Å². The minimum Gasteiger partial charge on any atom is -0.451 e. The van der Waals surface area contributed by atoms with Crippen LogP contribution in [-0.4, -0.2) is 36.0 Å². The third kappa shape index (κ3) is 4.06. The molecule has 1 aromatic carbocycles. The zero-order chi connectivity index (χ0) is 17.1. The maximum Gasteiger partial charge on any atom is 0.287 e. The van der Waals surface area contributed by atoms with Crippen LogP contribution in [0.3, 0.4) is 0 Å². The van der Waals surface area contributed by atoms with Gasteiger partial charge in [-0.1, -0.05) is 11.6 Å². The summed E-state index contributed by atoms with van der Waals surface area (Å²) >= 11 is 6.01. The highest BCUT2D eigenvalue weighted by molar-refractivity contribution is 6.31. The number of nitrogens with zero attached hydrogens (tertiary/aromatic N) is 1. The Morgan fingerprint density at radius 2 is 1.91 bits per heavy atom. The molecule has 0 atom stereocenters. The molecule has 0 aliphatic rings. The molecule has 2 rings (SSSR count). The summed E-state index contributed by atoms with van der Waals surface area (Å²) in [6.45, 7) is 11.9. The van der Waals surface area contributed by atoms with Gasteiger partial charge in [0.2, 0.25) is 0 Å². The van der Waals surface area contributed by atoms with Crippen LogP contribution in [0.1, 0.15) is 43.8 Å². The molecule has 5 heteroatoms. The van der Waals surface area contributed by atoms with E-state index in [1.54, 1.807) is 12.1 Å². The summed E-state index contributed by atoms with van der Waals surface area (Å²) in [6, 6.07) is 6.27. The standard InChI is InChI=1S/C18H25ClN2O2/c1-11(2)21(12(3)4)9-8-20-18(22)17-13(5)15-10-14(19)6-7-16(15)23-17/h6-7,10-12H,8-9H2,1-5H3,(H,20,22).